The molecule has 89 valence electrons. The van der Waals surface area contributed by atoms with Crippen LogP contribution in [0.5, 0.6) is 0 Å². The van der Waals surface area contributed by atoms with Gasteiger partial charge in [0.25, 0.3) is 0 Å². The van der Waals surface area contributed by atoms with Gasteiger partial charge in [-0.1, -0.05) is 48.5 Å². The van der Waals surface area contributed by atoms with E-state index in [1.54, 1.807) is 4.80 Å². The summed E-state index contributed by atoms with van der Waals surface area (Å²) in [5.74, 6) is 0. The number of aromatic nitrogens is 3. The Morgan fingerprint density at radius 3 is 2.63 bits per heavy atom. The van der Waals surface area contributed by atoms with Crippen LogP contribution in [0, 0.1) is 6.07 Å². The van der Waals surface area contributed by atoms with Gasteiger partial charge in [0.2, 0.25) is 0 Å². The Labute approximate surface area is 110 Å². The third-order valence-electron chi connectivity index (χ3n) is 3.18. The van der Waals surface area contributed by atoms with E-state index in [4.69, 9.17) is 0 Å². The van der Waals surface area contributed by atoms with Gasteiger partial charge in [-0.25, -0.2) is 0 Å². The van der Waals surface area contributed by atoms with E-state index in [1.807, 2.05) is 42.5 Å². The number of rotatable bonds is 1. The summed E-state index contributed by atoms with van der Waals surface area (Å²) in [6, 6.07) is 23.1. The maximum absolute atomic E-state index is 4.59. The molecule has 4 aromatic rings. The van der Waals surface area contributed by atoms with Gasteiger partial charge in [0.15, 0.2) is 0 Å². The van der Waals surface area contributed by atoms with Crippen molar-refractivity contribution in [1.29, 1.82) is 0 Å². The van der Waals surface area contributed by atoms with Crippen LogP contribution in [0.15, 0.2) is 60.7 Å². The molecule has 0 saturated heterocycles. The number of fused-ring (bicyclic) bond motifs is 3. The predicted molar refractivity (Wildman–Crippen MR) is 75.2 cm³/mol. The van der Waals surface area contributed by atoms with Crippen molar-refractivity contribution >= 4 is 21.8 Å². The van der Waals surface area contributed by atoms with Crippen molar-refractivity contribution in [2.45, 2.75) is 0 Å². The Kier molecular flexibility index (Phi) is 2.12. The largest absolute Gasteiger partial charge is 0.150 e. The van der Waals surface area contributed by atoms with Crippen LogP contribution in [0.2, 0.25) is 0 Å². The van der Waals surface area contributed by atoms with E-state index in [0.717, 1.165) is 22.1 Å². The average molecular weight is 244 g/mol. The monoisotopic (exact) mass is 244 g/mol. The summed E-state index contributed by atoms with van der Waals surface area (Å²) >= 11 is 0. The zero-order valence-corrected chi connectivity index (χ0v) is 10.1. The Bertz CT molecular complexity index is 863. The number of hydrogen-bond donors (Lipinski definition) is 0. The second kappa shape index (κ2) is 3.92. The van der Waals surface area contributed by atoms with Crippen molar-refractivity contribution in [3.63, 3.8) is 0 Å². The lowest BCUT2D eigenvalue weighted by Crippen LogP contribution is -1.97. The van der Waals surface area contributed by atoms with Crippen LogP contribution in [-0.2, 0) is 0 Å². The molecule has 0 aliphatic carbocycles. The minimum absolute atomic E-state index is 0.850. The number of nitrogens with zero attached hydrogens (tertiary/aromatic N) is 3. The number of hydrogen-bond acceptors (Lipinski definition) is 2. The first-order valence-electron chi connectivity index (χ1n) is 6.14. The fourth-order valence-corrected chi connectivity index (χ4v) is 2.26. The van der Waals surface area contributed by atoms with Gasteiger partial charge < -0.3 is 0 Å². The second-order valence-electron chi connectivity index (χ2n) is 4.39. The van der Waals surface area contributed by atoms with Crippen LogP contribution < -0.4 is 0 Å². The molecule has 0 N–H and O–H groups in total. The molecule has 0 fully saturated rings. The van der Waals surface area contributed by atoms with E-state index >= 15 is 0 Å². The van der Waals surface area contributed by atoms with E-state index in [-0.39, 0.29) is 0 Å². The van der Waals surface area contributed by atoms with Crippen LogP contribution in [0.1, 0.15) is 0 Å². The molecular formula is C16H10N3. The highest BCUT2D eigenvalue weighted by Gasteiger charge is 2.07. The van der Waals surface area contributed by atoms with E-state index in [2.05, 4.69) is 34.5 Å². The molecule has 0 aliphatic rings. The summed E-state index contributed by atoms with van der Waals surface area (Å²) in [5.41, 5.74) is 2.68. The Morgan fingerprint density at radius 1 is 0.842 bits per heavy atom. The molecule has 1 heterocycles. The summed E-state index contributed by atoms with van der Waals surface area (Å²) in [5, 5.41) is 11.4. The molecule has 0 bridgehead atoms. The van der Waals surface area contributed by atoms with Crippen LogP contribution in [0.4, 0.5) is 0 Å². The van der Waals surface area contributed by atoms with Crippen molar-refractivity contribution in [3.8, 4) is 5.69 Å². The first kappa shape index (κ1) is 10.3. The Morgan fingerprint density at radius 2 is 1.74 bits per heavy atom. The average Bonchev–Trinajstić information content (AvgIpc) is 2.93. The van der Waals surface area contributed by atoms with Gasteiger partial charge in [0.1, 0.15) is 11.0 Å². The van der Waals surface area contributed by atoms with Crippen LogP contribution >= 0.6 is 0 Å². The van der Waals surface area contributed by atoms with Crippen molar-refractivity contribution in [2.75, 3.05) is 0 Å². The molecule has 0 unspecified atom stereocenters. The van der Waals surface area contributed by atoms with Gasteiger partial charge in [-0.2, -0.15) is 0 Å². The smallest absolute Gasteiger partial charge is 0.121 e. The van der Waals surface area contributed by atoms with E-state index < -0.39 is 0 Å². The van der Waals surface area contributed by atoms with Crippen molar-refractivity contribution in [3.05, 3.63) is 66.7 Å². The molecule has 0 amide bonds. The topological polar surface area (TPSA) is 30.7 Å². The van der Waals surface area contributed by atoms with E-state index in [9.17, 15) is 0 Å². The lowest BCUT2D eigenvalue weighted by Gasteiger charge is -1.96. The van der Waals surface area contributed by atoms with Crippen LogP contribution in [0.25, 0.3) is 27.5 Å². The van der Waals surface area contributed by atoms with E-state index in [1.165, 1.54) is 5.39 Å². The lowest BCUT2D eigenvalue weighted by molar-refractivity contribution is 0.765. The maximum Gasteiger partial charge on any atom is 0.121 e. The number of benzene rings is 3. The normalized spacial score (nSPS) is 11.2. The molecule has 3 nitrogen and oxygen atoms in total. The van der Waals surface area contributed by atoms with Gasteiger partial charge >= 0.3 is 0 Å². The van der Waals surface area contributed by atoms with Crippen molar-refractivity contribution in [2.24, 2.45) is 0 Å². The molecule has 0 saturated carbocycles. The van der Waals surface area contributed by atoms with Gasteiger partial charge in [-0.15, -0.1) is 15.0 Å². The maximum atomic E-state index is 4.59. The zero-order chi connectivity index (χ0) is 12.7. The molecule has 1 aromatic heterocycles. The first-order valence-corrected chi connectivity index (χ1v) is 6.14. The molecule has 4 rings (SSSR count). The van der Waals surface area contributed by atoms with Crippen molar-refractivity contribution < 1.29 is 0 Å². The SMILES string of the molecule is [c]1ccccc1-n1nc2ccc3ccccc3c2n1. The third-order valence-corrected chi connectivity index (χ3v) is 3.18. The minimum Gasteiger partial charge on any atom is -0.150 e. The molecule has 0 atom stereocenters. The van der Waals surface area contributed by atoms with Crippen LogP contribution in [-0.4, -0.2) is 15.0 Å². The van der Waals surface area contributed by atoms with Crippen molar-refractivity contribution in [1.82, 2.24) is 15.0 Å². The first-order chi connectivity index (χ1) is 9.42. The number of para-hydroxylation sites is 1. The molecule has 0 spiro atoms. The minimum atomic E-state index is 0.850. The molecule has 3 heteroatoms. The molecule has 0 aliphatic heterocycles. The molecule has 19 heavy (non-hydrogen) atoms. The van der Waals surface area contributed by atoms with Gasteiger partial charge in [-0.05, 0) is 17.5 Å². The summed E-state index contributed by atoms with van der Waals surface area (Å²) in [7, 11) is 0. The summed E-state index contributed by atoms with van der Waals surface area (Å²) in [6.45, 7) is 0. The van der Waals surface area contributed by atoms with Gasteiger partial charge in [0, 0.05) is 11.5 Å². The quantitative estimate of drug-likeness (QED) is 0.514. The Balaban J connectivity index is 2.04. The van der Waals surface area contributed by atoms with Gasteiger partial charge in [-0.3, -0.25) is 0 Å². The Hall–Kier alpha value is -2.68. The standard InChI is InChI=1S/C16H10N3/c1-2-7-13(8-3-1)19-17-15-11-10-12-6-4-5-9-14(12)16(15)18-19/h1-7,9-11H. The summed E-state index contributed by atoms with van der Waals surface area (Å²) in [6.07, 6.45) is 0. The highest BCUT2D eigenvalue weighted by Crippen LogP contribution is 2.22. The van der Waals surface area contributed by atoms with E-state index in [0.29, 0.717) is 0 Å². The predicted octanol–water partition coefficient (Wildman–Crippen LogP) is 3.37. The fourth-order valence-electron chi connectivity index (χ4n) is 2.26. The molecule has 3 aromatic carbocycles. The molecular weight excluding hydrogens is 234 g/mol. The van der Waals surface area contributed by atoms with Crippen LogP contribution in [0.3, 0.4) is 0 Å². The highest BCUT2D eigenvalue weighted by atomic mass is 15.5. The third kappa shape index (κ3) is 1.59. The summed E-state index contributed by atoms with van der Waals surface area (Å²) in [4.78, 5) is 1.64. The second-order valence-corrected chi connectivity index (χ2v) is 4.39. The summed E-state index contributed by atoms with van der Waals surface area (Å²) < 4.78 is 0. The zero-order valence-electron chi connectivity index (χ0n) is 10.1. The highest BCUT2D eigenvalue weighted by molar-refractivity contribution is 6.03. The fraction of sp³-hybridized carbons (Fsp3) is 0. The molecule has 1 radical (unpaired) electrons. The lowest BCUT2D eigenvalue weighted by atomic mass is 10.1. The van der Waals surface area contributed by atoms with Gasteiger partial charge in [0.05, 0.1) is 5.69 Å².